The Morgan fingerprint density at radius 1 is 1.07 bits per heavy atom. The molecule has 0 saturated carbocycles. The number of nitrogens with zero attached hydrogens (tertiary/aromatic N) is 2. The molecule has 1 aromatic heterocycles. The fraction of sp³-hybridized carbons (Fsp3) is 0.200. The molecule has 0 saturated heterocycles. The molecule has 2 amide bonds. The third kappa shape index (κ3) is 4.58. The van der Waals surface area contributed by atoms with E-state index < -0.39 is 0 Å². The van der Waals surface area contributed by atoms with Crippen molar-refractivity contribution < 1.29 is 14.3 Å². The van der Waals surface area contributed by atoms with E-state index in [9.17, 15) is 4.79 Å². The molecule has 0 aliphatic heterocycles. The van der Waals surface area contributed by atoms with Gasteiger partial charge in [0, 0.05) is 18.9 Å². The van der Waals surface area contributed by atoms with Crippen LogP contribution in [0.15, 0.2) is 60.9 Å². The Labute approximate surface area is 157 Å². The Morgan fingerprint density at radius 2 is 1.89 bits per heavy atom. The summed E-state index contributed by atoms with van der Waals surface area (Å²) in [4.78, 5) is 12.3. The molecule has 0 atom stereocenters. The molecule has 0 fully saturated rings. The zero-order valence-electron chi connectivity index (χ0n) is 15.3. The van der Waals surface area contributed by atoms with Crippen LogP contribution < -0.4 is 20.1 Å². The largest absolute Gasteiger partial charge is 0.493 e. The van der Waals surface area contributed by atoms with Crippen LogP contribution in [0.5, 0.6) is 11.5 Å². The van der Waals surface area contributed by atoms with Crippen LogP contribution in [-0.2, 0) is 6.42 Å². The van der Waals surface area contributed by atoms with Crippen LogP contribution in [0.3, 0.4) is 0 Å². The summed E-state index contributed by atoms with van der Waals surface area (Å²) in [5, 5.41) is 9.95. The summed E-state index contributed by atoms with van der Waals surface area (Å²) in [5.74, 6) is 1.36. The second kappa shape index (κ2) is 8.75. The first-order valence-electron chi connectivity index (χ1n) is 8.56. The van der Waals surface area contributed by atoms with Crippen molar-refractivity contribution in [3.8, 4) is 17.2 Å². The van der Waals surface area contributed by atoms with E-state index in [0.717, 1.165) is 11.3 Å². The number of aromatic nitrogens is 2. The van der Waals surface area contributed by atoms with Crippen LogP contribution >= 0.6 is 0 Å². The quantitative estimate of drug-likeness (QED) is 0.673. The number of rotatable bonds is 7. The van der Waals surface area contributed by atoms with Gasteiger partial charge in [0.2, 0.25) is 0 Å². The number of anilines is 1. The molecule has 0 spiro atoms. The minimum Gasteiger partial charge on any atom is -0.493 e. The monoisotopic (exact) mass is 366 g/mol. The number of amides is 2. The Hall–Kier alpha value is -3.48. The number of carbonyl (C=O) groups is 1. The Bertz CT molecular complexity index is 894. The van der Waals surface area contributed by atoms with E-state index in [2.05, 4.69) is 15.7 Å². The van der Waals surface area contributed by atoms with Crippen molar-refractivity contribution in [1.82, 2.24) is 15.1 Å². The van der Waals surface area contributed by atoms with Crippen molar-refractivity contribution in [2.24, 2.45) is 0 Å². The number of benzene rings is 2. The van der Waals surface area contributed by atoms with Crippen LogP contribution in [0, 0.1) is 0 Å². The highest BCUT2D eigenvalue weighted by molar-refractivity contribution is 5.91. The fourth-order valence-corrected chi connectivity index (χ4v) is 2.71. The van der Waals surface area contributed by atoms with Crippen molar-refractivity contribution >= 4 is 11.7 Å². The first-order chi connectivity index (χ1) is 13.2. The molecule has 0 aliphatic carbocycles. The van der Waals surface area contributed by atoms with Crippen molar-refractivity contribution in [2.75, 3.05) is 26.1 Å². The maximum Gasteiger partial charge on any atom is 0.319 e. The summed E-state index contributed by atoms with van der Waals surface area (Å²) in [7, 11) is 3.20. The van der Waals surface area contributed by atoms with E-state index >= 15 is 0 Å². The topological polar surface area (TPSA) is 77.4 Å². The number of hydrogen-bond donors (Lipinski definition) is 2. The maximum atomic E-state index is 12.3. The molecule has 1 heterocycles. The zero-order valence-corrected chi connectivity index (χ0v) is 15.3. The molecule has 2 N–H and O–H groups in total. The van der Waals surface area contributed by atoms with Crippen molar-refractivity contribution in [2.45, 2.75) is 6.42 Å². The van der Waals surface area contributed by atoms with Crippen molar-refractivity contribution in [3.05, 3.63) is 66.5 Å². The average Bonchev–Trinajstić information content (AvgIpc) is 3.23. The first-order valence-corrected chi connectivity index (χ1v) is 8.56. The summed E-state index contributed by atoms with van der Waals surface area (Å²) in [6, 6.07) is 14.8. The fourth-order valence-electron chi connectivity index (χ4n) is 2.71. The van der Waals surface area contributed by atoms with E-state index in [0.29, 0.717) is 30.2 Å². The Kier molecular flexibility index (Phi) is 5.94. The molecule has 7 heteroatoms. The third-order valence-corrected chi connectivity index (χ3v) is 4.05. The predicted molar refractivity (Wildman–Crippen MR) is 104 cm³/mol. The highest BCUT2D eigenvalue weighted by Gasteiger charge is 2.08. The van der Waals surface area contributed by atoms with Gasteiger partial charge in [0.15, 0.2) is 11.5 Å². The minimum atomic E-state index is -0.268. The second-order valence-corrected chi connectivity index (χ2v) is 5.79. The van der Waals surface area contributed by atoms with Gasteiger partial charge in [-0.05, 0) is 42.3 Å². The van der Waals surface area contributed by atoms with E-state index in [4.69, 9.17) is 9.47 Å². The van der Waals surface area contributed by atoms with Gasteiger partial charge in [0.25, 0.3) is 0 Å². The zero-order chi connectivity index (χ0) is 19.1. The SMILES string of the molecule is COc1ccc(CCNC(=O)Nc2ccccc2-n2cccn2)cc1OC. The summed E-state index contributed by atoms with van der Waals surface area (Å²) < 4.78 is 12.2. The molecule has 3 aromatic rings. The van der Waals surface area contributed by atoms with E-state index in [1.807, 2.05) is 54.7 Å². The van der Waals surface area contributed by atoms with Crippen LogP contribution in [0.1, 0.15) is 5.56 Å². The van der Waals surface area contributed by atoms with Gasteiger partial charge >= 0.3 is 6.03 Å². The number of methoxy groups -OCH3 is 2. The second-order valence-electron chi connectivity index (χ2n) is 5.79. The minimum absolute atomic E-state index is 0.268. The third-order valence-electron chi connectivity index (χ3n) is 4.05. The molecule has 0 aliphatic rings. The molecule has 140 valence electrons. The molecule has 2 aromatic carbocycles. The van der Waals surface area contributed by atoms with Crippen molar-refractivity contribution in [3.63, 3.8) is 0 Å². The lowest BCUT2D eigenvalue weighted by Gasteiger charge is -2.12. The number of hydrogen-bond acceptors (Lipinski definition) is 4. The summed E-state index contributed by atoms with van der Waals surface area (Å²) >= 11 is 0. The Morgan fingerprint density at radius 3 is 2.63 bits per heavy atom. The normalized spacial score (nSPS) is 10.3. The van der Waals surface area contributed by atoms with Gasteiger partial charge in [-0.2, -0.15) is 5.10 Å². The molecule has 0 unspecified atom stereocenters. The summed E-state index contributed by atoms with van der Waals surface area (Å²) in [6.45, 7) is 0.491. The molecule has 27 heavy (non-hydrogen) atoms. The summed E-state index contributed by atoms with van der Waals surface area (Å²) in [6.07, 6.45) is 4.20. The average molecular weight is 366 g/mol. The van der Waals surface area contributed by atoms with Crippen LogP contribution in [0.25, 0.3) is 5.69 Å². The molecule has 7 nitrogen and oxygen atoms in total. The lowest BCUT2D eigenvalue weighted by atomic mass is 10.1. The van der Waals surface area contributed by atoms with Crippen LogP contribution in [0.4, 0.5) is 10.5 Å². The van der Waals surface area contributed by atoms with Crippen LogP contribution in [-0.4, -0.2) is 36.6 Å². The molecule has 3 rings (SSSR count). The number of para-hydroxylation sites is 2. The lowest BCUT2D eigenvalue weighted by Crippen LogP contribution is -2.30. The van der Waals surface area contributed by atoms with Gasteiger partial charge in [0.05, 0.1) is 25.6 Å². The lowest BCUT2D eigenvalue weighted by molar-refractivity contribution is 0.252. The van der Waals surface area contributed by atoms with Crippen LogP contribution in [0.2, 0.25) is 0 Å². The standard InChI is InChI=1S/C20H22N4O3/c1-26-18-9-8-15(14-19(18)27-2)10-12-21-20(25)23-16-6-3-4-7-17(16)24-13-5-11-22-24/h3-9,11,13-14H,10,12H2,1-2H3,(H2,21,23,25). The number of ether oxygens (including phenoxy) is 2. The van der Waals surface area contributed by atoms with E-state index in [1.54, 1.807) is 25.1 Å². The summed E-state index contributed by atoms with van der Waals surface area (Å²) in [5.41, 5.74) is 2.53. The van der Waals surface area contributed by atoms with Gasteiger partial charge in [-0.3, -0.25) is 0 Å². The first kappa shape index (κ1) is 18.3. The Balaban J connectivity index is 1.57. The smallest absolute Gasteiger partial charge is 0.319 e. The van der Waals surface area contributed by atoms with Crippen molar-refractivity contribution in [1.29, 1.82) is 0 Å². The van der Waals surface area contributed by atoms with Gasteiger partial charge in [-0.25, -0.2) is 9.48 Å². The van der Waals surface area contributed by atoms with Gasteiger partial charge < -0.3 is 20.1 Å². The molecular formula is C20H22N4O3. The predicted octanol–water partition coefficient (Wildman–Crippen LogP) is 3.25. The van der Waals surface area contributed by atoms with E-state index in [1.165, 1.54) is 0 Å². The molecule has 0 bridgehead atoms. The molecular weight excluding hydrogens is 344 g/mol. The maximum absolute atomic E-state index is 12.3. The number of carbonyl (C=O) groups excluding carboxylic acids is 1. The van der Waals surface area contributed by atoms with Gasteiger partial charge in [-0.1, -0.05) is 18.2 Å². The highest BCUT2D eigenvalue weighted by Crippen LogP contribution is 2.27. The van der Waals surface area contributed by atoms with Gasteiger partial charge in [-0.15, -0.1) is 0 Å². The highest BCUT2D eigenvalue weighted by atomic mass is 16.5. The van der Waals surface area contributed by atoms with Gasteiger partial charge in [0.1, 0.15) is 0 Å². The number of nitrogens with one attached hydrogen (secondary N) is 2. The van der Waals surface area contributed by atoms with E-state index in [-0.39, 0.29) is 6.03 Å². The number of urea groups is 1. The molecule has 0 radical (unpaired) electrons.